The van der Waals surface area contributed by atoms with Gasteiger partial charge in [0.05, 0.1) is 11.2 Å². The Morgan fingerprint density at radius 2 is 2.19 bits per heavy atom. The highest BCUT2D eigenvalue weighted by atomic mass is 35.5. The van der Waals surface area contributed by atoms with Gasteiger partial charge in [0.1, 0.15) is 0 Å². The zero-order chi connectivity index (χ0) is 15.5. The molecule has 9 heteroatoms. The first kappa shape index (κ1) is 15.7. The van der Waals surface area contributed by atoms with E-state index in [4.69, 9.17) is 11.6 Å². The van der Waals surface area contributed by atoms with Gasteiger partial charge in [-0.2, -0.15) is 13.5 Å². The van der Waals surface area contributed by atoms with Gasteiger partial charge in [0.25, 0.3) is 10.0 Å². The van der Waals surface area contributed by atoms with E-state index >= 15 is 0 Å². The molecule has 7 nitrogen and oxygen atoms in total. The topological polar surface area (TPSA) is 99.8 Å². The molecule has 3 N–H and O–H groups in total. The molecule has 0 aliphatic rings. The van der Waals surface area contributed by atoms with Crippen molar-refractivity contribution in [2.75, 3.05) is 4.72 Å². The van der Waals surface area contributed by atoms with Gasteiger partial charge < -0.3 is 5.32 Å². The number of aromatic amines is 1. The molecule has 2 heterocycles. The monoisotopic (exact) mass is 329 g/mol. The number of rotatable bonds is 6. The average Bonchev–Trinajstić information content (AvgIpc) is 2.88. The van der Waals surface area contributed by atoms with Crippen LogP contribution in [0.5, 0.6) is 0 Å². The largest absolute Gasteiger partial charge is 0.310 e. The number of H-pyrrole nitrogens is 1. The maximum Gasteiger partial charge on any atom is 0.280 e. The van der Waals surface area contributed by atoms with Crippen LogP contribution in [0.15, 0.2) is 29.6 Å². The van der Waals surface area contributed by atoms with E-state index in [0.29, 0.717) is 12.1 Å². The fourth-order valence-corrected chi connectivity index (χ4v) is 3.00. The number of nitrogens with zero attached hydrogens (tertiary/aromatic N) is 2. The lowest BCUT2D eigenvalue weighted by Gasteiger charge is -2.10. The second kappa shape index (κ2) is 6.42. The minimum atomic E-state index is -3.83. The molecule has 21 heavy (non-hydrogen) atoms. The number of halogens is 1. The molecule has 0 aliphatic heterocycles. The predicted molar refractivity (Wildman–Crippen MR) is 80.6 cm³/mol. The molecule has 0 fully saturated rings. The summed E-state index contributed by atoms with van der Waals surface area (Å²) < 4.78 is 27.1. The molecular weight excluding hydrogens is 314 g/mol. The molecule has 0 unspecified atom stereocenters. The molecule has 114 valence electrons. The van der Waals surface area contributed by atoms with Crippen molar-refractivity contribution in [3.05, 3.63) is 35.1 Å². The van der Waals surface area contributed by atoms with Crippen LogP contribution >= 0.6 is 11.6 Å². The third-order valence-electron chi connectivity index (χ3n) is 2.64. The molecule has 0 bridgehead atoms. The van der Waals surface area contributed by atoms with Crippen LogP contribution in [0.2, 0.25) is 5.02 Å². The zero-order valence-electron chi connectivity index (χ0n) is 11.6. The number of pyridine rings is 1. The summed E-state index contributed by atoms with van der Waals surface area (Å²) in [5.41, 5.74) is 0.545. The quantitative estimate of drug-likeness (QED) is 0.749. The highest BCUT2D eigenvalue weighted by Crippen LogP contribution is 2.22. The lowest BCUT2D eigenvalue weighted by Crippen LogP contribution is -2.24. The second-order valence-corrected chi connectivity index (χ2v) is 6.73. The molecule has 2 rings (SSSR count). The third kappa shape index (κ3) is 3.93. The Hall–Kier alpha value is -1.64. The fourth-order valence-electron chi connectivity index (χ4n) is 1.61. The van der Waals surface area contributed by atoms with Crippen molar-refractivity contribution >= 4 is 27.4 Å². The molecule has 0 spiro atoms. The number of sulfonamides is 1. The smallest absolute Gasteiger partial charge is 0.280 e. The van der Waals surface area contributed by atoms with Crippen LogP contribution in [0.3, 0.4) is 0 Å². The van der Waals surface area contributed by atoms with Gasteiger partial charge in [-0.15, -0.1) is 0 Å². The van der Waals surface area contributed by atoms with Crippen molar-refractivity contribution < 1.29 is 8.42 Å². The van der Waals surface area contributed by atoms with E-state index in [1.54, 1.807) is 12.1 Å². The van der Waals surface area contributed by atoms with Crippen molar-refractivity contribution in [3.8, 4) is 0 Å². The summed E-state index contributed by atoms with van der Waals surface area (Å²) in [7, 11) is -3.83. The molecule has 0 radical (unpaired) electrons. The summed E-state index contributed by atoms with van der Waals surface area (Å²) in [5.74, 6) is 0.0801. The standard InChI is InChI=1S/C12H16ClN5O2S/c1-8(2)15-6-9-7-16-17-12(9)21(19,20)18-11-10(13)4-3-5-14-11/h3-5,7-8,15H,6H2,1-2H3,(H,14,18)(H,16,17). The molecule has 0 aromatic carbocycles. The van der Waals surface area contributed by atoms with Gasteiger partial charge in [0.2, 0.25) is 0 Å². The van der Waals surface area contributed by atoms with Crippen LogP contribution in [-0.4, -0.2) is 29.6 Å². The Bertz CT molecular complexity index is 714. The van der Waals surface area contributed by atoms with E-state index < -0.39 is 10.0 Å². The van der Waals surface area contributed by atoms with Crippen molar-refractivity contribution in [1.29, 1.82) is 0 Å². The van der Waals surface area contributed by atoms with E-state index in [0.717, 1.165) is 0 Å². The molecule has 0 saturated heterocycles. The SMILES string of the molecule is CC(C)NCc1cn[nH]c1S(=O)(=O)Nc1ncccc1Cl. The summed E-state index contributed by atoms with van der Waals surface area (Å²) in [6.07, 6.45) is 2.93. The number of aromatic nitrogens is 3. The van der Waals surface area contributed by atoms with Crippen molar-refractivity contribution in [2.24, 2.45) is 0 Å². The lowest BCUT2D eigenvalue weighted by atomic mass is 10.3. The number of hydrogen-bond donors (Lipinski definition) is 3. The third-order valence-corrected chi connectivity index (χ3v) is 4.30. The van der Waals surface area contributed by atoms with Crippen molar-refractivity contribution in [3.63, 3.8) is 0 Å². The van der Waals surface area contributed by atoms with Gasteiger partial charge in [0, 0.05) is 24.3 Å². The first-order valence-electron chi connectivity index (χ1n) is 6.29. The summed E-state index contributed by atoms with van der Waals surface area (Å²) in [6, 6.07) is 3.41. The molecule has 0 saturated carbocycles. The molecule has 0 atom stereocenters. The van der Waals surface area contributed by atoms with Crippen LogP contribution in [0.1, 0.15) is 19.4 Å². The van der Waals surface area contributed by atoms with Crippen molar-refractivity contribution in [2.45, 2.75) is 31.5 Å². The normalized spacial score (nSPS) is 11.8. The van der Waals surface area contributed by atoms with Gasteiger partial charge in [-0.05, 0) is 12.1 Å². The maximum atomic E-state index is 12.4. The van der Waals surface area contributed by atoms with Crippen LogP contribution < -0.4 is 10.0 Å². The number of hydrogen-bond acceptors (Lipinski definition) is 5. The number of nitrogens with one attached hydrogen (secondary N) is 3. The van der Waals surface area contributed by atoms with Gasteiger partial charge in [-0.1, -0.05) is 25.4 Å². The second-order valence-electron chi connectivity index (χ2n) is 4.70. The Morgan fingerprint density at radius 1 is 1.43 bits per heavy atom. The maximum absolute atomic E-state index is 12.4. The summed E-state index contributed by atoms with van der Waals surface area (Å²) in [5, 5.41) is 9.65. The van der Waals surface area contributed by atoms with Gasteiger partial charge in [-0.25, -0.2) is 4.98 Å². The fraction of sp³-hybridized carbons (Fsp3) is 0.333. The highest BCUT2D eigenvalue weighted by molar-refractivity contribution is 7.92. The van der Waals surface area contributed by atoms with Crippen LogP contribution in [0.4, 0.5) is 5.82 Å². The molecule has 2 aromatic rings. The Morgan fingerprint density at radius 3 is 2.86 bits per heavy atom. The Balaban J connectivity index is 2.24. The van der Waals surface area contributed by atoms with Crippen LogP contribution in [0.25, 0.3) is 0 Å². The Kier molecular flexibility index (Phi) is 4.81. The van der Waals surface area contributed by atoms with Crippen molar-refractivity contribution in [1.82, 2.24) is 20.5 Å². The van der Waals surface area contributed by atoms with Gasteiger partial charge >= 0.3 is 0 Å². The van der Waals surface area contributed by atoms with Crippen LogP contribution in [0, 0.1) is 0 Å². The summed E-state index contributed by atoms with van der Waals surface area (Å²) in [4.78, 5) is 3.91. The van der Waals surface area contributed by atoms with E-state index in [-0.39, 0.29) is 21.9 Å². The van der Waals surface area contributed by atoms with E-state index in [1.807, 2.05) is 13.8 Å². The van der Waals surface area contributed by atoms with Gasteiger partial charge in [-0.3, -0.25) is 9.82 Å². The first-order valence-corrected chi connectivity index (χ1v) is 8.15. The predicted octanol–water partition coefficient (Wildman–Crippen LogP) is 1.76. The van der Waals surface area contributed by atoms with E-state index in [1.165, 1.54) is 12.4 Å². The molecular formula is C12H16ClN5O2S. The molecule has 0 aliphatic carbocycles. The average molecular weight is 330 g/mol. The first-order chi connectivity index (χ1) is 9.90. The molecule has 0 amide bonds. The minimum Gasteiger partial charge on any atom is -0.310 e. The van der Waals surface area contributed by atoms with Crippen LogP contribution in [-0.2, 0) is 16.6 Å². The van der Waals surface area contributed by atoms with Gasteiger partial charge in [0.15, 0.2) is 10.8 Å². The lowest BCUT2D eigenvalue weighted by molar-refractivity contribution is 0.574. The summed E-state index contributed by atoms with van der Waals surface area (Å²) in [6.45, 7) is 4.33. The molecule has 2 aromatic heterocycles. The van der Waals surface area contributed by atoms with E-state index in [2.05, 4.69) is 25.2 Å². The highest BCUT2D eigenvalue weighted by Gasteiger charge is 2.22. The zero-order valence-corrected chi connectivity index (χ0v) is 13.2. The van der Waals surface area contributed by atoms with E-state index in [9.17, 15) is 8.42 Å². The minimum absolute atomic E-state index is 0.00244. The Labute approximate surface area is 128 Å². The number of anilines is 1. The summed E-state index contributed by atoms with van der Waals surface area (Å²) >= 11 is 5.91.